The van der Waals surface area contributed by atoms with Gasteiger partial charge in [0.15, 0.2) is 5.17 Å². The van der Waals surface area contributed by atoms with Gasteiger partial charge in [0.2, 0.25) is 0 Å². The van der Waals surface area contributed by atoms with Gasteiger partial charge < -0.3 is 0 Å². The number of hydrogen-bond acceptors (Lipinski definition) is 3. The third-order valence-corrected chi connectivity index (χ3v) is 4.97. The SMILES string of the molecule is CCN=C1S/C(=C(/C)c2ccc(C)c(C)c2)C(=O)N1CC. The van der Waals surface area contributed by atoms with Gasteiger partial charge in [0.1, 0.15) is 0 Å². The normalized spacial score (nSPS) is 19.6. The molecule has 0 saturated carbocycles. The highest BCUT2D eigenvalue weighted by Crippen LogP contribution is 2.36. The molecule has 1 heterocycles. The van der Waals surface area contributed by atoms with Crippen molar-refractivity contribution in [3.8, 4) is 0 Å². The first-order valence-corrected chi connectivity index (χ1v) is 8.13. The number of carbonyl (C=O) groups excluding carboxylic acids is 1. The summed E-state index contributed by atoms with van der Waals surface area (Å²) in [4.78, 5) is 19.5. The van der Waals surface area contributed by atoms with Crippen molar-refractivity contribution in [3.63, 3.8) is 0 Å². The van der Waals surface area contributed by atoms with E-state index < -0.39 is 0 Å². The Bertz CT molecular complexity index is 632. The van der Waals surface area contributed by atoms with E-state index in [1.165, 1.54) is 22.9 Å². The number of amides is 1. The molecule has 2 rings (SSSR count). The Balaban J connectivity index is 2.45. The number of allylic oxidation sites excluding steroid dienone is 1. The molecule has 1 aliphatic rings. The number of aryl methyl sites for hydroxylation is 2. The van der Waals surface area contributed by atoms with E-state index in [-0.39, 0.29) is 5.91 Å². The van der Waals surface area contributed by atoms with Crippen molar-refractivity contribution >= 4 is 28.4 Å². The zero-order valence-corrected chi connectivity index (χ0v) is 14.2. The summed E-state index contributed by atoms with van der Waals surface area (Å²) in [5.41, 5.74) is 4.67. The van der Waals surface area contributed by atoms with E-state index in [0.29, 0.717) is 13.1 Å². The highest BCUT2D eigenvalue weighted by molar-refractivity contribution is 8.18. The molecule has 0 spiro atoms. The molecular formula is C17H22N2OS. The molecule has 0 bridgehead atoms. The summed E-state index contributed by atoms with van der Waals surface area (Å²) in [6.45, 7) is 11.6. The summed E-state index contributed by atoms with van der Waals surface area (Å²) < 4.78 is 0. The van der Waals surface area contributed by atoms with Gasteiger partial charge >= 0.3 is 0 Å². The molecule has 3 nitrogen and oxygen atoms in total. The second kappa shape index (κ2) is 6.48. The summed E-state index contributed by atoms with van der Waals surface area (Å²) in [6, 6.07) is 6.35. The van der Waals surface area contributed by atoms with Gasteiger partial charge in [-0.15, -0.1) is 0 Å². The topological polar surface area (TPSA) is 32.7 Å². The molecule has 4 heteroatoms. The van der Waals surface area contributed by atoms with Gasteiger partial charge in [0.25, 0.3) is 5.91 Å². The second-order valence-corrected chi connectivity index (χ2v) is 6.14. The molecule has 1 amide bonds. The van der Waals surface area contributed by atoms with E-state index in [1.54, 1.807) is 4.90 Å². The van der Waals surface area contributed by atoms with E-state index >= 15 is 0 Å². The third kappa shape index (κ3) is 3.05. The van der Waals surface area contributed by atoms with Crippen LogP contribution in [0.5, 0.6) is 0 Å². The largest absolute Gasteiger partial charge is 0.287 e. The van der Waals surface area contributed by atoms with Gasteiger partial charge in [-0.05, 0) is 68.6 Å². The molecule has 0 aromatic heterocycles. The fraction of sp³-hybridized carbons (Fsp3) is 0.412. The lowest BCUT2D eigenvalue weighted by Gasteiger charge is -2.12. The molecule has 1 aromatic rings. The summed E-state index contributed by atoms with van der Waals surface area (Å²) in [7, 11) is 0. The van der Waals surface area contributed by atoms with Crippen molar-refractivity contribution < 1.29 is 4.79 Å². The molecular weight excluding hydrogens is 280 g/mol. The third-order valence-electron chi connectivity index (χ3n) is 3.75. The number of nitrogens with zero attached hydrogens (tertiary/aromatic N) is 2. The molecule has 1 aliphatic heterocycles. The maximum Gasteiger partial charge on any atom is 0.266 e. The summed E-state index contributed by atoms with van der Waals surface area (Å²) >= 11 is 1.50. The first-order chi connectivity index (χ1) is 9.99. The van der Waals surface area contributed by atoms with Crippen LogP contribution in [-0.4, -0.2) is 29.1 Å². The molecule has 21 heavy (non-hydrogen) atoms. The van der Waals surface area contributed by atoms with E-state index in [9.17, 15) is 4.79 Å². The van der Waals surface area contributed by atoms with Gasteiger partial charge in [0, 0.05) is 13.1 Å². The molecule has 0 unspecified atom stereocenters. The van der Waals surface area contributed by atoms with Crippen molar-refractivity contribution in [2.24, 2.45) is 4.99 Å². The van der Waals surface area contributed by atoms with Gasteiger partial charge in [-0.3, -0.25) is 14.7 Å². The van der Waals surface area contributed by atoms with E-state index in [0.717, 1.165) is 21.2 Å². The lowest BCUT2D eigenvalue weighted by Crippen LogP contribution is -2.28. The number of rotatable bonds is 3. The number of benzene rings is 1. The van der Waals surface area contributed by atoms with Crippen LogP contribution in [0.3, 0.4) is 0 Å². The smallest absolute Gasteiger partial charge is 0.266 e. The number of likely N-dealkylation sites (N-methyl/N-ethyl adjacent to an activating group) is 1. The minimum atomic E-state index is 0.0745. The first-order valence-electron chi connectivity index (χ1n) is 7.32. The Kier molecular flexibility index (Phi) is 4.88. The van der Waals surface area contributed by atoms with Crippen LogP contribution in [0.15, 0.2) is 28.1 Å². The fourth-order valence-electron chi connectivity index (χ4n) is 2.27. The van der Waals surface area contributed by atoms with Crippen LogP contribution in [-0.2, 0) is 4.79 Å². The first kappa shape index (κ1) is 15.8. The van der Waals surface area contributed by atoms with Crippen molar-refractivity contribution in [2.75, 3.05) is 13.1 Å². The highest BCUT2D eigenvalue weighted by atomic mass is 32.2. The van der Waals surface area contributed by atoms with Crippen molar-refractivity contribution in [3.05, 3.63) is 39.8 Å². The van der Waals surface area contributed by atoms with E-state index in [4.69, 9.17) is 0 Å². The highest BCUT2D eigenvalue weighted by Gasteiger charge is 2.33. The lowest BCUT2D eigenvalue weighted by molar-refractivity contribution is -0.122. The van der Waals surface area contributed by atoms with Gasteiger partial charge in [0.05, 0.1) is 4.91 Å². The Morgan fingerprint density at radius 1 is 1.24 bits per heavy atom. The van der Waals surface area contributed by atoms with Crippen LogP contribution in [0.2, 0.25) is 0 Å². The monoisotopic (exact) mass is 302 g/mol. The fourth-order valence-corrected chi connectivity index (χ4v) is 3.44. The van der Waals surface area contributed by atoms with Crippen LogP contribution in [0.1, 0.15) is 37.5 Å². The second-order valence-electron chi connectivity index (χ2n) is 5.16. The zero-order valence-electron chi connectivity index (χ0n) is 13.4. The van der Waals surface area contributed by atoms with Crippen molar-refractivity contribution in [1.82, 2.24) is 4.90 Å². The summed E-state index contributed by atoms with van der Waals surface area (Å²) in [5.74, 6) is 0.0745. The van der Waals surface area contributed by atoms with E-state index in [2.05, 4.69) is 37.0 Å². The van der Waals surface area contributed by atoms with Crippen molar-refractivity contribution in [1.29, 1.82) is 0 Å². The van der Waals surface area contributed by atoms with Crippen LogP contribution in [0.25, 0.3) is 5.57 Å². The molecule has 112 valence electrons. The minimum Gasteiger partial charge on any atom is -0.287 e. The minimum absolute atomic E-state index is 0.0745. The molecule has 1 saturated heterocycles. The van der Waals surface area contributed by atoms with Gasteiger partial charge in [-0.1, -0.05) is 18.2 Å². The molecule has 0 N–H and O–H groups in total. The Labute approximate surface area is 131 Å². The predicted octanol–water partition coefficient (Wildman–Crippen LogP) is 4.01. The maximum absolute atomic E-state index is 12.6. The number of carbonyl (C=O) groups is 1. The zero-order chi connectivity index (χ0) is 15.6. The maximum atomic E-state index is 12.6. The van der Waals surface area contributed by atoms with E-state index in [1.807, 2.05) is 20.8 Å². The molecule has 0 radical (unpaired) electrons. The molecule has 0 atom stereocenters. The van der Waals surface area contributed by atoms with Crippen LogP contribution in [0.4, 0.5) is 0 Å². The lowest BCUT2D eigenvalue weighted by atomic mass is 10.0. The average molecular weight is 302 g/mol. The standard InChI is InChI=1S/C17H22N2OS/c1-6-18-17-19(7-2)16(20)15(21-17)13(5)14-9-8-11(3)12(4)10-14/h8-10H,6-7H2,1-5H3/b15-13-,18-17?. The van der Waals surface area contributed by atoms with Crippen LogP contribution >= 0.6 is 11.8 Å². The summed E-state index contributed by atoms with van der Waals surface area (Å²) in [5, 5.41) is 0.822. The quantitative estimate of drug-likeness (QED) is 0.790. The van der Waals surface area contributed by atoms with Crippen LogP contribution in [0, 0.1) is 13.8 Å². The number of thioether (sulfide) groups is 1. The van der Waals surface area contributed by atoms with Gasteiger partial charge in [-0.25, -0.2) is 0 Å². The summed E-state index contributed by atoms with van der Waals surface area (Å²) in [6.07, 6.45) is 0. The molecule has 0 aliphatic carbocycles. The Morgan fingerprint density at radius 2 is 1.95 bits per heavy atom. The predicted molar refractivity (Wildman–Crippen MR) is 91.5 cm³/mol. The van der Waals surface area contributed by atoms with Gasteiger partial charge in [-0.2, -0.15) is 0 Å². The Morgan fingerprint density at radius 3 is 2.52 bits per heavy atom. The molecule has 1 aromatic carbocycles. The molecule has 1 fully saturated rings. The number of aliphatic imine (C=N–C) groups is 1. The van der Waals surface area contributed by atoms with Crippen LogP contribution < -0.4 is 0 Å². The van der Waals surface area contributed by atoms with Crippen molar-refractivity contribution in [2.45, 2.75) is 34.6 Å². The average Bonchev–Trinajstić information content (AvgIpc) is 2.77. The Hall–Kier alpha value is -1.55. The number of amidine groups is 1. The number of hydrogen-bond donors (Lipinski definition) is 0.